The first-order chi connectivity index (χ1) is 24.0. The van der Waals surface area contributed by atoms with E-state index in [2.05, 4.69) is 165 Å². The summed E-state index contributed by atoms with van der Waals surface area (Å²) in [6.45, 7) is 21.0. The van der Waals surface area contributed by atoms with Crippen LogP contribution in [0.5, 0.6) is 0 Å². The van der Waals surface area contributed by atoms with E-state index in [0.717, 1.165) is 44.3 Å². The van der Waals surface area contributed by atoms with Crippen molar-refractivity contribution in [1.82, 2.24) is 9.13 Å². The predicted octanol–water partition coefficient (Wildman–Crippen LogP) is 12.6. The Kier molecular flexibility index (Phi) is 7.00. The Labute approximate surface area is 293 Å². The zero-order valence-corrected chi connectivity index (χ0v) is 29.3. The normalized spacial score (nSPS) is 12.2. The number of hydrogen-bond acceptors (Lipinski definition) is 1. The summed E-state index contributed by atoms with van der Waals surface area (Å²) >= 11 is 0. The minimum atomic E-state index is -0.0285. The predicted molar refractivity (Wildman–Crippen MR) is 209 cm³/mol. The largest absolute Gasteiger partial charge is 0.309 e. The summed E-state index contributed by atoms with van der Waals surface area (Å²) in [5.41, 5.74) is 12.2. The third kappa shape index (κ3) is 4.96. The van der Waals surface area contributed by atoms with Crippen LogP contribution in [0.25, 0.3) is 71.0 Å². The fraction of sp³-hybridized carbons (Fsp3) is 0.174. The maximum absolute atomic E-state index is 10.2. The number of fused-ring (bicyclic) bond motifs is 6. The standard InChI is InChI=1S/C46H38N4/c1-45(2,3)32-15-20-42-38(26-32)36-24-29(13-18-41(36)49(42)35-11-9-8-10-12-35)30-14-19-43-37(25-30)39-27-33(46(4,5)6)16-21-44(39)50(43)40-22-17-34(48-7)23-31(40)28-47/h8-27H,1-6H3. The van der Waals surface area contributed by atoms with Crippen LogP contribution >= 0.6 is 0 Å². The van der Waals surface area contributed by atoms with Crippen LogP contribution < -0.4 is 0 Å². The molecule has 0 aliphatic carbocycles. The van der Waals surface area contributed by atoms with E-state index in [9.17, 15) is 5.26 Å². The molecular formula is C46H38N4. The molecule has 8 rings (SSSR count). The second kappa shape index (κ2) is 11.2. The molecule has 0 amide bonds. The number of nitrogens with zero attached hydrogens (tertiary/aromatic N) is 4. The smallest absolute Gasteiger partial charge is 0.188 e. The van der Waals surface area contributed by atoms with Crippen LogP contribution in [0.4, 0.5) is 5.69 Å². The van der Waals surface area contributed by atoms with Crippen LogP contribution in [0.2, 0.25) is 0 Å². The molecule has 6 aromatic carbocycles. The van der Waals surface area contributed by atoms with Gasteiger partial charge in [-0.25, -0.2) is 4.85 Å². The van der Waals surface area contributed by atoms with Gasteiger partial charge in [-0.2, -0.15) is 5.26 Å². The molecule has 0 N–H and O–H groups in total. The fourth-order valence-corrected chi connectivity index (χ4v) is 7.33. The summed E-state index contributed by atoms with van der Waals surface area (Å²) in [4.78, 5) is 3.57. The van der Waals surface area contributed by atoms with Gasteiger partial charge in [0.2, 0.25) is 0 Å². The topological polar surface area (TPSA) is 38.0 Å². The van der Waals surface area contributed by atoms with Gasteiger partial charge in [-0.15, -0.1) is 0 Å². The molecule has 242 valence electrons. The van der Waals surface area contributed by atoms with E-state index >= 15 is 0 Å². The van der Waals surface area contributed by atoms with Crippen molar-refractivity contribution in [2.45, 2.75) is 52.4 Å². The van der Waals surface area contributed by atoms with Gasteiger partial charge in [0.1, 0.15) is 0 Å². The van der Waals surface area contributed by atoms with Crippen molar-refractivity contribution >= 4 is 49.3 Å². The van der Waals surface area contributed by atoms with Crippen molar-refractivity contribution in [2.24, 2.45) is 0 Å². The van der Waals surface area contributed by atoms with E-state index in [1.807, 2.05) is 6.07 Å². The van der Waals surface area contributed by atoms with Crippen LogP contribution in [0.15, 0.2) is 121 Å². The Morgan fingerprint density at radius 3 is 1.50 bits per heavy atom. The van der Waals surface area contributed by atoms with Crippen LogP contribution in [-0.4, -0.2) is 9.13 Å². The first-order valence-electron chi connectivity index (χ1n) is 17.1. The monoisotopic (exact) mass is 646 g/mol. The van der Waals surface area contributed by atoms with Gasteiger partial charge in [0, 0.05) is 27.2 Å². The van der Waals surface area contributed by atoms with E-state index in [1.54, 1.807) is 12.1 Å². The molecule has 0 unspecified atom stereocenters. The molecule has 0 saturated heterocycles. The minimum Gasteiger partial charge on any atom is -0.309 e. The molecule has 8 aromatic rings. The molecular weight excluding hydrogens is 609 g/mol. The van der Waals surface area contributed by atoms with Crippen molar-refractivity contribution in [3.8, 4) is 28.6 Å². The average molecular weight is 647 g/mol. The van der Waals surface area contributed by atoms with E-state index in [0.29, 0.717) is 11.3 Å². The third-order valence-electron chi connectivity index (χ3n) is 10.1. The average Bonchev–Trinajstić information content (AvgIpc) is 3.62. The second-order valence-corrected chi connectivity index (χ2v) is 15.4. The molecule has 2 heterocycles. The number of aromatic nitrogens is 2. The molecule has 0 aliphatic heterocycles. The molecule has 0 spiro atoms. The SMILES string of the molecule is [C-]#[N+]c1ccc(-n2c3ccc(-c4ccc5c(c4)c4cc(C(C)(C)C)ccc4n5-c4ccccc4)cc3c3cc(C(C)(C)C)ccc32)c(C#N)c1. The molecule has 4 nitrogen and oxygen atoms in total. The van der Waals surface area contributed by atoms with Gasteiger partial charge in [-0.1, -0.05) is 90.1 Å². The summed E-state index contributed by atoms with van der Waals surface area (Å²) in [6.07, 6.45) is 0. The van der Waals surface area contributed by atoms with Gasteiger partial charge in [0.05, 0.1) is 46.0 Å². The number of rotatable bonds is 3. The first-order valence-corrected chi connectivity index (χ1v) is 17.1. The maximum Gasteiger partial charge on any atom is 0.188 e. The lowest BCUT2D eigenvalue weighted by Crippen LogP contribution is -2.10. The Morgan fingerprint density at radius 1 is 0.540 bits per heavy atom. The Balaban J connectivity index is 1.39. The van der Waals surface area contributed by atoms with Gasteiger partial charge in [0.25, 0.3) is 0 Å². The molecule has 0 fully saturated rings. The highest BCUT2D eigenvalue weighted by atomic mass is 15.0. The Hall–Kier alpha value is -6.10. The molecule has 0 atom stereocenters. The molecule has 50 heavy (non-hydrogen) atoms. The quantitative estimate of drug-likeness (QED) is 0.176. The van der Waals surface area contributed by atoms with Crippen LogP contribution in [0, 0.1) is 17.9 Å². The van der Waals surface area contributed by atoms with Crippen molar-refractivity contribution in [2.75, 3.05) is 0 Å². The maximum atomic E-state index is 10.2. The summed E-state index contributed by atoms with van der Waals surface area (Å²) < 4.78 is 4.55. The van der Waals surface area contributed by atoms with E-state index in [1.165, 1.54) is 32.9 Å². The molecule has 2 aromatic heterocycles. The molecule has 0 saturated carbocycles. The third-order valence-corrected chi connectivity index (χ3v) is 10.1. The lowest BCUT2D eigenvalue weighted by atomic mass is 9.86. The summed E-state index contributed by atoms with van der Waals surface area (Å²) in [6, 6.07) is 45.5. The van der Waals surface area contributed by atoms with Crippen molar-refractivity contribution in [1.29, 1.82) is 5.26 Å². The van der Waals surface area contributed by atoms with Crippen LogP contribution in [0.1, 0.15) is 58.2 Å². The van der Waals surface area contributed by atoms with Crippen molar-refractivity contribution < 1.29 is 0 Å². The zero-order valence-electron chi connectivity index (χ0n) is 29.3. The summed E-state index contributed by atoms with van der Waals surface area (Å²) in [5, 5.41) is 14.9. The van der Waals surface area contributed by atoms with Crippen molar-refractivity contribution in [3.05, 3.63) is 149 Å². The molecule has 0 aliphatic rings. The van der Waals surface area contributed by atoms with Gasteiger partial charge in [0.15, 0.2) is 5.69 Å². The summed E-state index contributed by atoms with van der Waals surface area (Å²) in [7, 11) is 0. The van der Waals surface area contributed by atoms with E-state index in [4.69, 9.17) is 6.57 Å². The van der Waals surface area contributed by atoms with Crippen LogP contribution in [0.3, 0.4) is 0 Å². The fourth-order valence-electron chi connectivity index (χ4n) is 7.33. The molecule has 4 heteroatoms. The highest BCUT2D eigenvalue weighted by molar-refractivity contribution is 6.13. The molecule has 0 radical (unpaired) electrons. The highest BCUT2D eigenvalue weighted by Crippen LogP contribution is 2.41. The minimum absolute atomic E-state index is 0.0276. The van der Waals surface area contributed by atoms with Gasteiger partial charge in [-0.05, 0) is 106 Å². The second-order valence-electron chi connectivity index (χ2n) is 15.4. The van der Waals surface area contributed by atoms with Gasteiger partial charge in [-0.3, -0.25) is 0 Å². The van der Waals surface area contributed by atoms with Gasteiger partial charge < -0.3 is 9.13 Å². The molecule has 0 bridgehead atoms. The van der Waals surface area contributed by atoms with E-state index in [-0.39, 0.29) is 10.8 Å². The number of nitriles is 1. The van der Waals surface area contributed by atoms with E-state index < -0.39 is 0 Å². The highest BCUT2D eigenvalue weighted by Gasteiger charge is 2.21. The van der Waals surface area contributed by atoms with Gasteiger partial charge >= 0.3 is 0 Å². The zero-order chi connectivity index (χ0) is 34.9. The summed E-state index contributed by atoms with van der Waals surface area (Å²) in [5.74, 6) is 0. The number of hydrogen-bond donors (Lipinski definition) is 0. The first kappa shape index (κ1) is 31.2. The number of para-hydroxylation sites is 1. The van der Waals surface area contributed by atoms with Crippen molar-refractivity contribution in [3.63, 3.8) is 0 Å². The Bertz CT molecular complexity index is 2730. The lowest BCUT2D eigenvalue weighted by Gasteiger charge is -2.19. The van der Waals surface area contributed by atoms with Crippen LogP contribution in [-0.2, 0) is 10.8 Å². The Morgan fingerprint density at radius 2 is 1.02 bits per heavy atom. The number of benzene rings is 6. The lowest BCUT2D eigenvalue weighted by molar-refractivity contribution is 0.591.